The Morgan fingerprint density at radius 1 is 1.13 bits per heavy atom. The number of amides is 2. The Morgan fingerprint density at radius 2 is 1.89 bits per heavy atom. The van der Waals surface area contributed by atoms with Crippen LogP contribution in [0.4, 0.5) is 5.82 Å². The minimum absolute atomic E-state index is 0.0131. The van der Waals surface area contributed by atoms with Crippen molar-refractivity contribution in [1.29, 1.82) is 0 Å². The molecular formula is C26H24BrN7O4. The number of aryl methyl sites for hydroxylation is 1. The summed E-state index contributed by atoms with van der Waals surface area (Å²) < 4.78 is 2.01. The number of halogens is 1. The molecule has 4 heterocycles. The summed E-state index contributed by atoms with van der Waals surface area (Å²) in [4.78, 5) is 52.8. The van der Waals surface area contributed by atoms with Crippen molar-refractivity contribution in [2.45, 2.75) is 39.0 Å². The number of nitrogens with zero attached hydrogens (tertiary/aromatic N) is 6. The van der Waals surface area contributed by atoms with E-state index in [0.717, 1.165) is 11.1 Å². The number of aromatic nitrogens is 5. The first-order valence-electron chi connectivity index (χ1n) is 11.9. The van der Waals surface area contributed by atoms with Gasteiger partial charge in [-0.3, -0.25) is 19.1 Å². The monoisotopic (exact) mass is 577 g/mol. The van der Waals surface area contributed by atoms with E-state index in [1.807, 2.05) is 12.1 Å². The molecule has 0 radical (unpaired) electrons. The summed E-state index contributed by atoms with van der Waals surface area (Å²) in [5, 5.41) is 18.0. The fourth-order valence-electron chi connectivity index (χ4n) is 4.53. The van der Waals surface area contributed by atoms with Gasteiger partial charge in [-0.25, -0.2) is 15.0 Å². The zero-order chi connectivity index (χ0) is 27.0. The van der Waals surface area contributed by atoms with Gasteiger partial charge in [0, 0.05) is 43.2 Å². The van der Waals surface area contributed by atoms with Gasteiger partial charge >= 0.3 is 0 Å². The van der Waals surface area contributed by atoms with Gasteiger partial charge in [0.2, 0.25) is 11.8 Å². The Balaban J connectivity index is 1.41. The molecule has 2 atom stereocenters. The van der Waals surface area contributed by atoms with E-state index in [-0.39, 0.29) is 31.0 Å². The number of β-amino-alcohol motifs (C(OH)–C–C–N with tert-alkyl or cyclic N) is 1. The molecule has 1 fully saturated rings. The van der Waals surface area contributed by atoms with E-state index in [1.54, 1.807) is 43.6 Å². The minimum atomic E-state index is -0.875. The third kappa shape index (κ3) is 5.18. The first kappa shape index (κ1) is 25.6. The number of hydrogen-bond acceptors (Lipinski definition) is 8. The van der Waals surface area contributed by atoms with E-state index in [2.05, 4.69) is 41.3 Å². The molecule has 3 aromatic heterocycles. The van der Waals surface area contributed by atoms with Crippen LogP contribution in [-0.4, -0.2) is 71.0 Å². The van der Waals surface area contributed by atoms with Crippen LogP contribution >= 0.6 is 15.9 Å². The van der Waals surface area contributed by atoms with E-state index >= 15 is 0 Å². The standard InChI is InChI=1S/C26H24BrN7O4/c1-14(35)25-19-8-16(17-10-28-15(2)29-11-17)6-7-20(19)34(32-25)13-24(37)33-12-18(36)9-21(33)26(38)31-23-5-3-4-22(27)30-23/h3-8,10-11,18,21,36H,9,12-13H2,1-2H3,(H,30,31,38)/t18-,21+/m1/s1. The molecule has 1 aliphatic heterocycles. The molecule has 0 spiro atoms. The Labute approximate surface area is 226 Å². The summed E-state index contributed by atoms with van der Waals surface area (Å²) in [6, 6.07) is 9.69. The third-order valence-electron chi connectivity index (χ3n) is 6.35. The number of likely N-dealkylation sites (tertiary alicyclic amines) is 1. The van der Waals surface area contributed by atoms with Crippen molar-refractivity contribution in [3.63, 3.8) is 0 Å². The molecule has 2 N–H and O–H groups in total. The highest BCUT2D eigenvalue weighted by Crippen LogP contribution is 2.27. The number of hydrogen-bond donors (Lipinski definition) is 2. The maximum Gasteiger partial charge on any atom is 0.248 e. The van der Waals surface area contributed by atoms with Gasteiger partial charge in [0.25, 0.3) is 0 Å². The van der Waals surface area contributed by atoms with E-state index in [9.17, 15) is 19.5 Å². The number of rotatable bonds is 6. The largest absolute Gasteiger partial charge is 0.391 e. The zero-order valence-electron chi connectivity index (χ0n) is 20.6. The van der Waals surface area contributed by atoms with Gasteiger partial charge in [0.05, 0.1) is 11.6 Å². The topological polar surface area (TPSA) is 143 Å². The number of fused-ring (bicyclic) bond motifs is 1. The maximum absolute atomic E-state index is 13.4. The number of carbonyl (C=O) groups excluding carboxylic acids is 3. The van der Waals surface area contributed by atoms with Crippen LogP contribution < -0.4 is 5.32 Å². The van der Waals surface area contributed by atoms with Crippen LogP contribution in [0, 0.1) is 6.92 Å². The Morgan fingerprint density at radius 3 is 2.61 bits per heavy atom. The molecule has 4 aromatic rings. The highest BCUT2D eigenvalue weighted by atomic mass is 79.9. The van der Waals surface area contributed by atoms with Crippen LogP contribution in [0.2, 0.25) is 0 Å². The van der Waals surface area contributed by atoms with Crippen LogP contribution in [0.3, 0.4) is 0 Å². The fraction of sp³-hybridized carbons (Fsp3) is 0.269. The SMILES string of the molecule is CC(=O)c1nn(CC(=O)N2C[C@H](O)C[C@H]2C(=O)Nc2cccc(Br)n2)c2ccc(-c3cnc(C)nc3)cc12. The smallest absolute Gasteiger partial charge is 0.248 e. The predicted molar refractivity (Wildman–Crippen MR) is 142 cm³/mol. The van der Waals surface area contributed by atoms with Crippen LogP contribution in [0.25, 0.3) is 22.0 Å². The minimum Gasteiger partial charge on any atom is -0.391 e. The van der Waals surface area contributed by atoms with Gasteiger partial charge in [0.1, 0.15) is 34.5 Å². The number of nitrogens with one attached hydrogen (secondary N) is 1. The van der Waals surface area contributed by atoms with Gasteiger partial charge in [-0.15, -0.1) is 0 Å². The Hall–Kier alpha value is -4.03. The number of carbonyl (C=O) groups is 3. The molecule has 5 rings (SSSR count). The average Bonchev–Trinajstić information content (AvgIpc) is 3.45. The van der Waals surface area contributed by atoms with E-state index in [1.165, 1.54) is 16.5 Å². The van der Waals surface area contributed by atoms with Crippen molar-refractivity contribution in [1.82, 2.24) is 29.6 Å². The van der Waals surface area contributed by atoms with Gasteiger partial charge in [-0.05, 0) is 52.7 Å². The first-order chi connectivity index (χ1) is 18.2. The number of benzene rings is 1. The summed E-state index contributed by atoms with van der Waals surface area (Å²) in [5.41, 5.74) is 2.43. The number of Topliss-reactive ketones (excluding diaryl/α,β-unsaturated/α-hetero) is 1. The van der Waals surface area contributed by atoms with Gasteiger partial charge in [0.15, 0.2) is 5.78 Å². The van der Waals surface area contributed by atoms with Gasteiger partial charge in [-0.1, -0.05) is 12.1 Å². The van der Waals surface area contributed by atoms with E-state index < -0.39 is 24.0 Å². The average molecular weight is 578 g/mol. The molecule has 0 unspecified atom stereocenters. The summed E-state index contributed by atoms with van der Waals surface area (Å²) in [5.74, 6) is -0.108. The second kappa shape index (κ2) is 10.4. The highest BCUT2D eigenvalue weighted by Gasteiger charge is 2.39. The first-order valence-corrected chi connectivity index (χ1v) is 12.7. The normalized spacial score (nSPS) is 17.1. The molecule has 12 heteroatoms. The van der Waals surface area contributed by atoms with E-state index in [0.29, 0.717) is 27.1 Å². The number of anilines is 1. The lowest BCUT2D eigenvalue weighted by atomic mass is 10.0. The van der Waals surface area contributed by atoms with Crippen LogP contribution in [0.15, 0.2) is 53.4 Å². The van der Waals surface area contributed by atoms with Crippen molar-refractivity contribution in [3.8, 4) is 11.1 Å². The second-order valence-electron chi connectivity index (χ2n) is 9.10. The molecule has 0 saturated carbocycles. The molecular weight excluding hydrogens is 554 g/mol. The fourth-order valence-corrected chi connectivity index (χ4v) is 4.87. The number of ketones is 1. The molecule has 194 valence electrons. The summed E-state index contributed by atoms with van der Waals surface area (Å²) in [6.07, 6.45) is 2.68. The second-order valence-corrected chi connectivity index (χ2v) is 9.91. The Bertz CT molecular complexity index is 1550. The van der Waals surface area contributed by atoms with Gasteiger partial charge < -0.3 is 15.3 Å². The molecule has 1 saturated heterocycles. The zero-order valence-corrected chi connectivity index (χ0v) is 22.2. The molecule has 0 aliphatic carbocycles. The molecule has 2 amide bonds. The third-order valence-corrected chi connectivity index (χ3v) is 6.79. The molecule has 0 bridgehead atoms. The van der Waals surface area contributed by atoms with Crippen molar-refractivity contribution < 1.29 is 19.5 Å². The van der Waals surface area contributed by atoms with Crippen molar-refractivity contribution in [3.05, 3.63) is 64.9 Å². The Kier molecular flexibility index (Phi) is 7.00. The number of aliphatic hydroxyl groups excluding tert-OH is 1. The predicted octanol–water partition coefficient (Wildman–Crippen LogP) is 2.76. The van der Waals surface area contributed by atoms with Crippen molar-refractivity contribution in [2.75, 3.05) is 11.9 Å². The highest BCUT2D eigenvalue weighted by molar-refractivity contribution is 9.10. The quantitative estimate of drug-likeness (QED) is 0.263. The molecule has 1 aliphatic rings. The lowest BCUT2D eigenvalue weighted by Crippen LogP contribution is -2.44. The van der Waals surface area contributed by atoms with Crippen molar-refractivity contribution >= 4 is 50.2 Å². The maximum atomic E-state index is 13.4. The summed E-state index contributed by atoms with van der Waals surface area (Å²) in [7, 11) is 0. The van der Waals surface area contributed by atoms with E-state index in [4.69, 9.17) is 0 Å². The lowest BCUT2D eigenvalue weighted by molar-refractivity contribution is -0.137. The number of pyridine rings is 1. The summed E-state index contributed by atoms with van der Waals surface area (Å²) >= 11 is 3.26. The molecule has 38 heavy (non-hydrogen) atoms. The van der Waals surface area contributed by atoms with Crippen molar-refractivity contribution in [2.24, 2.45) is 0 Å². The molecule has 11 nitrogen and oxygen atoms in total. The summed E-state index contributed by atoms with van der Waals surface area (Å²) in [6.45, 7) is 3.03. The van der Waals surface area contributed by atoms with Crippen LogP contribution in [0.1, 0.15) is 29.7 Å². The lowest BCUT2D eigenvalue weighted by Gasteiger charge is -2.23. The van der Waals surface area contributed by atoms with Crippen LogP contribution in [-0.2, 0) is 16.1 Å². The molecule has 1 aromatic carbocycles. The van der Waals surface area contributed by atoms with Crippen LogP contribution in [0.5, 0.6) is 0 Å². The number of aliphatic hydroxyl groups is 1. The van der Waals surface area contributed by atoms with Gasteiger partial charge in [-0.2, -0.15) is 5.10 Å².